The molecular weight excluding hydrogens is 250 g/mol. The molecule has 0 fully saturated rings. The van der Waals surface area contributed by atoms with E-state index in [9.17, 15) is 0 Å². The van der Waals surface area contributed by atoms with Gasteiger partial charge in [0.05, 0.1) is 0 Å². The molecule has 1 aromatic heterocycles. The van der Waals surface area contributed by atoms with Gasteiger partial charge in [-0.3, -0.25) is 0 Å². The van der Waals surface area contributed by atoms with Crippen LogP contribution in [0.15, 0.2) is 35.7 Å². The van der Waals surface area contributed by atoms with E-state index in [1.807, 2.05) is 11.3 Å². The summed E-state index contributed by atoms with van der Waals surface area (Å²) < 4.78 is 0. The molecule has 2 rings (SSSR count). The highest BCUT2D eigenvalue weighted by molar-refractivity contribution is 7.10. The third-order valence-corrected chi connectivity index (χ3v) is 4.23. The maximum atomic E-state index is 3.67. The number of benzene rings is 1. The van der Waals surface area contributed by atoms with Crippen molar-refractivity contribution in [2.75, 3.05) is 6.54 Å². The Kier molecular flexibility index (Phi) is 5.17. The number of aryl methyl sites for hydroxylation is 2. The van der Waals surface area contributed by atoms with Gasteiger partial charge in [-0.2, -0.15) is 0 Å². The van der Waals surface area contributed by atoms with Crippen LogP contribution in [-0.2, 0) is 6.42 Å². The zero-order chi connectivity index (χ0) is 13.7. The Morgan fingerprint density at radius 2 is 1.89 bits per heavy atom. The average Bonchev–Trinajstić information content (AvgIpc) is 2.83. The Labute approximate surface area is 120 Å². The summed E-state index contributed by atoms with van der Waals surface area (Å²) in [5, 5.41) is 5.96. The second kappa shape index (κ2) is 6.88. The van der Waals surface area contributed by atoms with Gasteiger partial charge in [-0.05, 0) is 55.8 Å². The van der Waals surface area contributed by atoms with Crippen LogP contribution in [0.2, 0.25) is 0 Å². The van der Waals surface area contributed by atoms with E-state index in [0.717, 1.165) is 13.0 Å². The molecule has 0 aliphatic rings. The Bertz CT molecular complexity index is 498. The lowest BCUT2D eigenvalue weighted by atomic mass is 10.00. The Hall–Kier alpha value is -1.12. The van der Waals surface area contributed by atoms with Gasteiger partial charge in [0.15, 0.2) is 0 Å². The predicted octanol–water partition coefficient (Wildman–Crippen LogP) is 4.65. The van der Waals surface area contributed by atoms with Gasteiger partial charge in [0.2, 0.25) is 0 Å². The molecule has 0 saturated carbocycles. The van der Waals surface area contributed by atoms with Crippen LogP contribution in [-0.4, -0.2) is 6.54 Å². The zero-order valence-electron chi connectivity index (χ0n) is 12.1. The SMILES string of the molecule is CCCNC(Cc1ccc(C)cc1)c1csc(C)c1. The smallest absolute Gasteiger partial charge is 0.0369 e. The summed E-state index contributed by atoms with van der Waals surface area (Å²) in [5.74, 6) is 0. The number of rotatable bonds is 6. The quantitative estimate of drug-likeness (QED) is 0.808. The number of hydrogen-bond acceptors (Lipinski definition) is 2. The van der Waals surface area contributed by atoms with Crippen molar-refractivity contribution in [2.45, 2.75) is 39.7 Å². The van der Waals surface area contributed by atoms with Crippen molar-refractivity contribution in [3.63, 3.8) is 0 Å². The minimum absolute atomic E-state index is 0.438. The van der Waals surface area contributed by atoms with Crippen LogP contribution in [0.5, 0.6) is 0 Å². The van der Waals surface area contributed by atoms with E-state index in [1.54, 1.807) is 0 Å². The van der Waals surface area contributed by atoms with Crippen LogP contribution < -0.4 is 5.32 Å². The highest BCUT2D eigenvalue weighted by Crippen LogP contribution is 2.23. The van der Waals surface area contributed by atoms with Crippen molar-refractivity contribution in [3.8, 4) is 0 Å². The van der Waals surface area contributed by atoms with Crippen LogP contribution >= 0.6 is 11.3 Å². The van der Waals surface area contributed by atoms with Crippen molar-refractivity contribution < 1.29 is 0 Å². The predicted molar refractivity (Wildman–Crippen MR) is 85.0 cm³/mol. The van der Waals surface area contributed by atoms with Gasteiger partial charge in [-0.15, -0.1) is 11.3 Å². The van der Waals surface area contributed by atoms with Crippen LogP contribution in [0, 0.1) is 13.8 Å². The summed E-state index contributed by atoms with van der Waals surface area (Å²) in [5.41, 5.74) is 4.16. The molecule has 0 spiro atoms. The van der Waals surface area contributed by atoms with Crippen LogP contribution in [0.1, 0.15) is 41.0 Å². The van der Waals surface area contributed by atoms with Gasteiger partial charge in [0.1, 0.15) is 0 Å². The molecule has 0 amide bonds. The number of thiophene rings is 1. The lowest BCUT2D eigenvalue weighted by molar-refractivity contribution is 0.530. The minimum Gasteiger partial charge on any atom is -0.310 e. The number of hydrogen-bond donors (Lipinski definition) is 1. The molecule has 1 N–H and O–H groups in total. The van der Waals surface area contributed by atoms with Crippen LogP contribution in [0.3, 0.4) is 0 Å². The summed E-state index contributed by atoms with van der Waals surface area (Å²) in [6, 6.07) is 11.6. The molecule has 2 heteroatoms. The summed E-state index contributed by atoms with van der Waals surface area (Å²) in [4.78, 5) is 1.39. The van der Waals surface area contributed by atoms with Gasteiger partial charge in [-0.1, -0.05) is 36.8 Å². The second-order valence-electron chi connectivity index (χ2n) is 5.19. The molecule has 2 aromatic rings. The highest BCUT2D eigenvalue weighted by atomic mass is 32.1. The van der Waals surface area contributed by atoms with E-state index in [4.69, 9.17) is 0 Å². The lowest BCUT2D eigenvalue weighted by Crippen LogP contribution is -2.23. The fourth-order valence-electron chi connectivity index (χ4n) is 2.23. The largest absolute Gasteiger partial charge is 0.310 e. The second-order valence-corrected chi connectivity index (χ2v) is 6.30. The van der Waals surface area contributed by atoms with Crippen molar-refractivity contribution in [1.82, 2.24) is 5.32 Å². The van der Waals surface area contributed by atoms with E-state index in [2.05, 4.69) is 61.8 Å². The summed E-state index contributed by atoms with van der Waals surface area (Å²) >= 11 is 1.84. The fraction of sp³-hybridized carbons (Fsp3) is 0.412. The molecule has 0 aliphatic heterocycles. The molecule has 1 atom stereocenters. The fourth-order valence-corrected chi connectivity index (χ4v) is 2.99. The first-order valence-electron chi connectivity index (χ1n) is 7.03. The first kappa shape index (κ1) is 14.3. The third kappa shape index (κ3) is 4.19. The maximum Gasteiger partial charge on any atom is 0.0369 e. The Morgan fingerprint density at radius 1 is 1.16 bits per heavy atom. The number of nitrogens with one attached hydrogen (secondary N) is 1. The van der Waals surface area contributed by atoms with Crippen LogP contribution in [0.4, 0.5) is 0 Å². The van der Waals surface area contributed by atoms with Crippen LogP contribution in [0.25, 0.3) is 0 Å². The van der Waals surface area contributed by atoms with Gasteiger partial charge in [0, 0.05) is 10.9 Å². The normalized spacial score (nSPS) is 12.6. The van der Waals surface area contributed by atoms with E-state index in [0.29, 0.717) is 6.04 Å². The first-order valence-corrected chi connectivity index (χ1v) is 7.91. The highest BCUT2D eigenvalue weighted by Gasteiger charge is 2.12. The third-order valence-electron chi connectivity index (χ3n) is 3.35. The summed E-state index contributed by atoms with van der Waals surface area (Å²) in [6.45, 7) is 7.61. The molecular formula is C17H23NS. The minimum atomic E-state index is 0.438. The van der Waals surface area contributed by atoms with Crippen molar-refractivity contribution >= 4 is 11.3 Å². The van der Waals surface area contributed by atoms with Crippen molar-refractivity contribution in [2.24, 2.45) is 0 Å². The monoisotopic (exact) mass is 273 g/mol. The molecule has 0 radical (unpaired) electrons. The average molecular weight is 273 g/mol. The Morgan fingerprint density at radius 3 is 2.47 bits per heavy atom. The lowest BCUT2D eigenvalue weighted by Gasteiger charge is -2.18. The standard InChI is InChI=1S/C17H23NS/c1-4-9-18-17(16-10-14(3)19-12-16)11-15-7-5-13(2)6-8-15/h5-8,10,12,17-18H,4,9,11H2,1-3H3. The van der Waals surface area contributed by atoms with E-state index >= 15 is 0 Å². The molecule has 0 aliphatic carbocycles. The molecule has 19 heavy (non-hydrogen) atoms. The molecule has 1 unspecified atom stereocenters. The van der Waals surface area contributed by atoms with Crippen molar-refractivity contribution in [3.05, 3.63) is 57.3 Å². The molecule has 1 nitrogen and oxygen atoms in total. The van der Waals surface area contributed by atoms with E-state index in [1.165, 1.54) is 28.0 Å². The maximum absolute atomic E-state index is 3.67. The topological polar surface area (TPSA) is 12.0 Å². The summed E-state index contributed by atoms with van der Waals surface area (Å²) in [6.07, 6.45) is 2.24. The van der Waals surface area contributed by atoms with Gasteiger partial charge >= 0.3 is 0 Å². The Balaban J connectivity index is 2.11. The van der Waals surface area contributed by atoms with Gasteiger partial charge in [-0.25, -0.2) is 0 Å². The molecule has 1 heterocycles. The van der Waals surface area contributed by atoms with E-state index < -0.39 is 0 Å². The molecule has 0 bridgehead atoms. The molecule has 0 saturated heterocycles. The van der Waals surface area contributed by atoms with E-state index in [-0.39, 0.29) is 0 Å². The van der Waals surface area contributed by atoms with Gasteiger partial charge < -0.3 is 5.32 Å². The van der Waals surface area contributed by atoms with Gasteiger partial charge in [0.25, 0.3) is 0 Å². The zero-order valence-corrected chi connectivity index (χ0v) is 12.9. The molecule has 1 aromatic carbocycles. The summed E-state index contributed by atoms with van der Waals surface area (Å²) in [7, 11) is 0. The van der Waals surface area contributed by atoms with Crippen molar-refractivity contribution in [1.29, 1.82) is 0 Å². The first-order chi connectivity index (χ1) is 9.19. The molecule has 102 valence electrons.